The van der Waals surface area contributed by atoms with E-state index >= 15 is 0 Å². The molecule has 1 aromatic heterocycles. The van der Waals surface area contributed by atoms with Crippen molar-refractivity contribution in [3.8, 4) is 11.1 Å². The number of alkyl carbamates (subject to hydrolysis) is 1. The van der Waals surface area contributed by atoms with Gasteiger partial charge in [-0.1, -0.05) is 62.4 Å². The van der Waals surface area contributed by atoms with Crippen LogP contribution in [-0.2, 0) is 16.6 Å². The number of benzene rings is 2. The smallest absolute Gasteiger partial charge is 0.407 e. The number of hydrogen-bond donors (Lipinski definition) is 3. The van der Waals surface area contributed by atoms with Crippen LogP contribution in [0, 0.1) is 5.92 Å². The van der Waals surface area contributed by atoms with Crippen LogP contribution in [0.15, 0.2) is 54.7 Å². The summed E-state index contributed by atoms with van der Waals surface area (Å²) in [6, 6.07) is 15.1. The Morgan fingerprint density at radius 1 is 1.06 bits per heavy atom. The summed E-state index contributed by atoms with van der Waals surface area (Å²) in [6.45, 7) is 3.67. The molecule has 0 saturated heterocycles. The van der Waals surface area contributed by atoms with Crippen LogP contribution in [0.25, 0.3) is 11.1 Å². The van der Waals surface area contributed by atoms with Gasteiger partial charge in [-0.05, 0) is 28.2 Å². The average molecular weight is 463 g/mol. The molecular weight excluding hydrogens is 436 g/mol. The molecule has 2 amide bonds. The van der Waals surface area contributed by atoms with Crippen LogP contribution in [0.1, 0.15) is 41.4 Å². The molecule has 0 bridgehead atoms. The van der Waals surface area contributed by atoms with Crippen molar-refractivity contribution in [1.82, 2.24) is 15.1 Å². The number of carboxylic acid groups (broad SMARTS) is 1. The Kier molecular flexibility index (Phi) is 6.36. The van der Waals surface area contributed by atoms with Crippen molar-refractivity contribution in [2.45, 2.75) is 25.8 Å². The van der Waals surface area contributed by atoms with E-state index in [1.807, 2.05) is 36.4 Å². The normalized spacial score (nSPS) is 13.2. The molecule has 34 heavy (non-hydrogen) atoms. The molecule has 1 aliphatic rings. The number of rotatable bonds is 7. The molecular formula is C25H26N4O5. The average Bonchev–Trinajstić information content (AvgIpc) is 3.33. The predicted octanol–water partition coefficient (Wildman–Crippen LogP) is 3.62. The molecule has 0 saturated carbocycles. The number of amides is 2. The second kappa shape index (κ2) is 9.38. The van der Waals surface area contributed by atoms with Crippen LogP contribution in [0.2, 0.25) is 0 Å². The molecule has 3 aromatic rings. The van der Waals surface area contributed by atoms with Gasteiger partial charge in [0.15, 0.2) is 5.69 Å². The summed E-state index contributed by atoms with van der Waals surface area (Å²) in [5, 5.41) is 18.3. The molecule has 0 radical (unpaired) electrons. The van der Waals surface area contributed by atoms with E-state index in [2.05, 4.69) is 27.9 Å². The number of hydrogen-bond acceptors (Lipinski definition) is 5. The minimum atomic E-state index is -1.26. The van der Waals surface area contributed by atoms with E-state index in [1.54, 1.807) is 20.9 Å². The Balaban J connectivity index is 1.43. The third-order valence-electron chi connectivity index (χ3n) is 5.86. The standard InChI is InChI=1S/C25H26N4O5/c1-14(2)21(23(30)26-20-12-29(3)28-22(20)24(31)32)27-25(33)34-13-19-17-10-6-4-8-15(17)16-9-5-7-11-18(16)19/h4-12,14,19,21H,13H2,1-3H3,(H,26,30)(H,27,33)(H,31,32)/t21-/m0/s1. The maximum Gasteiger partial charge on any atom is 0.407 e. The molecule has 1 heterocycles. The molecule has 0 aliphatic heterocycles. The van der Waals surface area contributed by atoms with Gasteiger partial charge in [0.1, 0.15) is 12.6 Å². The van der Waals surface area contributed by atoms with Crippen LogP contribution >= 0.6 is 0 Å². The lowest BCUT2D eigenvalue weighted by Gasteiger charge is -2.22. The quantitative estimate of drug-likeness (QED) is 0.493. The molecule has 0 unspecified atom stereocenters. The fraction of sp³-hybridized carbons (Fsp3) is 0.280. The summed E-state index contributed by atoms with van der Waals surface area (Å²) in [4.78, 5) is 36.9. The number of nitrogens with zero attached hydrogens (tertiary/aromatic N) is 2. The number of anilines is 1. The number of aromatic nitrogens is 2. The Morgan fingerprint density at radius 2 is 1.65 bits per heavy atom. The Morgan fingerprint density at radius 3 is 2.21 bits per heavy atom. The number of fused-ring (bicyclic) bond motifs is 3. The topological polar surface area (TPSA) is 123 Å². The number of carbonyl (C=O) groups is 3. The number of ether oxygens (including phenoxy) is 1. The first-order valence-electron chi connectivity index (χ1n) is 11.0. The lowest BCUT2D eigenvalue weighted by molar-refractivity contribution is -0.119. The maximum absolute atomic E-state index is 12.9. The molecule has 9 heteroatoms. The highest BCUT2D eigenvalue weighted by atomic mass is 16.5. The zero-order valence-corrected chi connectivity index (χ0v) is 19.1. The number of carboxylic acids is 1. The Hall–Kier alpha value is -4.14. The van der Waals surface area contributed by atoms with E-state index in [1.165, 1.54) is 10.9 Å². The van der Waals surface area contributed by atoms with Crippen LogP contribution in [0.5, 0.6) is 0 Å². The van der Waals surface area contributed by atoms with Crippen LogP contribution in [0.4, 0.5) is 10.5 Å². The fourth-order valence-corrected chi connectivity index (χ4v) is 4.25. The summed E-state index contributed by atoms with van der Waals surface area (Å²) >= 11 is 0. The summed E-state index contributed by atoms with van der Waals surface area (Å²) in [5.74, 6) is -2.19. The number of carbonyl (C=O) groups excluding carboxylic acids is 2. The summed E-state index contributed by atoms with van der Waals surface area (Å²) in [7, 11) is 1.55. The van der Waals surface area contributed by atoms with E-state index < -0.39 is 24.0 Å². The second-order valence-corrected chi connectivity index (χ2v) is 8.55. The van der Waals surface area contributed by atoms with E-state index in [0.29, 0.717) is 0 Å². The van der Waals surface area contributed by atoms with Gasteiger partial charge in [-0.15, -0.1) is 0 Å². The van der Waals surface area contributed by atoms with Gasteiger partial charge in [-0.3, -0.25) is 9.48 Å². The Bertz CT molecular complexity index is 1200. The first-order chi connectivity index (χ1) is 16.3. The molecule has 0 fully saturated rings. The van der Waals surface area contributed by atoms with Crippen LogP contribution < -0.4 is 10.6 Å². The van der Waals surface area contributed by atoms with Crippen LogP contribution in [0.3, 0.4) is 0 Å². The maximum atomic E-state index is 12.9. The van der Waals surface area contributed by atoms with E-state index in [-0.39, 0.29) is 29.8 Å². The lowest BCUT2D eigenvalue weighted by Crippen LogP contribution is -2.47. The van der Waals surface area contributed by atoms with Crippen molar-refractivity contribution in [2.24, 2.45) is 13.0 Å². The van der Waals surface area contributed by atoms with E-state index in [0.717, 1.165) is 22.3 Å². The molecule has 1 atom stereocenters. The van der Waals surface area contributed by atoms with Gasteiger partial charge in [0, 0.05) is 19.2 Å². The molecule has 3 N–H and O–H groups in total. The highest BCUT2D eigenvalue weighted by Gasteiger charge is 2.31. The number of aryl methyl sites for hydroxylation is 1. The molecule has 0 spiro atoms. The minimum Gasteiger partial charge on any atom is -0.476 e. The third-order valence-corrected chi connectivity index (χ3v) is 5.86. The first-order valence-corrected chi connectivity index (χ1v) is 11.0. The number of nitrogens with one attached hydrogen (secondary N) is 2. The fourth-order valence-electron chi connectivity index (χ4n) is 4.25. The Labute approximate surface area is 196 Å². The van der Waals surface area contributed by atoms with Crippen molar-refractivity contribution < 1.29 is 24.2 Å². The van der Waals surface area contributed by atoms with Gasteiger partial charge >= 0.3 is 12.1 Å². The van der Waals surface area contributed by atoms with Crippen LogP contribution in [-0.4, -0.2) is 45.5 Å². The third kappa shape index (κ3) is 4.50. The SMILES string of the molecule is CC(C)[C@H](NC(=O)OCC1c2ccccc2-c2ccccc21)C(=O)Nc1cn(C)nc1C(=O)O. The van der Waals surface area contributed by atoms with Gasteiger partial charge in [0.25, 0.3) is 0 Å². The summed E-state index contributed by atoms with van der Waals surface area (Å²) < 4.78 is 6.84. The van der Waals surface area contributed by atoms with Gasteiger partial charge in [-0.2, -0.15) is 5.10 Å². The molecule has 9 nitrogen and oxygen atoms in total. The van der Waals surface area contributed by atoms with Crippen molar-refractivity contribution in [3.05, 3.63) is 71.5 Å². The van der Waals surface area contributed by atoms with Gasteiger partial charge in [0.2, 0.25) is 5.91 Å². The molecule has 2 aromatic carbocycles. The van der Waals surface area contributed by atoms with Gasteiger partial charge in [0.05, 0.1) is 5.69 Å². The highest BCUT2D eigenvalue weighted by molar-refractivity contribution is 6.01. The van der Waals surface area contributed by atoms with Crippen molar-refractivity contribution in [2.75, 3.05) is 11.9 Å². The zero-order chi connectivity index (χ0) is 24.4. The first kappa shape index (κ1) is 23.0. The lowest BCUT2D eigenvalue weighted by atomic mass is 9.98. The monoisotopic (exact) mass is 462 g/mol. The van der Waals surface area contributed by atoms with Crippen molar-refractivity contribution in [1.29, 1.82) is 0 Å². The zero-order valence-electron chi connectivity index (χ0n) is 19.1. The van der Waals surface area contributed by atoms with Gasteiger partial charge < -0.3 is 20.5 Å². The van der Waals surface area contributed by atoms with Crippen molar-refractivity contribution >= 4 is 23.7 Å². The molecule has 4 rings (SSSR count). The molecule has 176 valence electrons. The largest absolute Gasteiger partial charge is 0.476 e. The summed E-state index contributed by atoms with van der Waals surface area (Å²) in [5.41, 5.74) is 4.20. The molecule has 1 aliphatic carbocycles. The summed E-state index contributed by atoms with van der Waals surface area (Å²) in [6.07, 6.45) is 0.673. The minimum absolute atomic E-state index is 0.0555. The second-order valence-electron chi connectivity index (χ2n) is 8.55. The van der Waals surface area contributed by atoms with Crippen molar-refractivity contribution in [3.63, 3.8) is 0 Å². The number of aromatic carboxylic acids is 1. The highest BCUT2D eigenvalue weighted by Crippen LogP contribution is 2.44. The van der Waals surface area contributed by atoms with Gasteiger partial charge in [-0.25, -0.2) is 9.59 Å². The van der Waals surface area contributed by atoms with E-state index in [4.69, 9.17) is 4.74 Å². The van der Waals surface area contributed by atoms with E-state index in [9.17, 15) is 19.5 Å². The predicted molar refractivity (Wildman–Crippen MR) is 126 cm³/mol.